The number of thiocarbonyl (C=S) groups is 1. The first-order chi connectivity index (χ1) is 10.9. The van der Waals surface area contributed by atoms with Crippen LogP contribution in [0.1, 0.15) is 31.9 Å². The second kappa shape index (κ2) is 6.34. The van der Waals surface area contributed by atoms with Crippen molar-refractivity contribution in [2.75, 3.05) is 5.32 Å². The maximum Gasteiger partial charge on any atom is 0.171 e. The molecule has 2 aromatic rings. The Morgan fingerprint density at radius 3 is 2.96 bits per heavy atom. The molecule has 0 amide bonds. The second-order valence-electron chi connectivity index (χ2n) is 6.14. The van der Waals surface area contributed by atoms with Crippen LogP contribution >= 0.6 is 23.8 Å². The van der Waals surface area contributed by atoms with Gasteiger partial charge in [0.25, 0.3) is 0 Å². The van der Waals surface area contributed by atoms with Gasteiger partial charge in [0.2, 0.25) is 0 Å². The molecule has 1 aliphatic heterocycles. The zero-order chi connectivity index (χ0) is 16.4. The predicted octanol–water partition coefficient (Wildman–Crippen LogP) is 4.32. The number of fused-ring (bicyclic) bond motifs is 1. The van der Waals surface area contributed by atoms with E-state index in [1.54, 1.807) is 12.4 Å². The molecule has 0 unspecified atom stereocenters. The van der Waals surface area contributed by atoms with Crippen molar-refractivity contribution in [1.29, 1.82) is 0 Å². The fourth-order valence-corrected chi connectivity index (χ4v) is 3.16. The summed E-state index contributed by atoms with van der Waals surface area (Å²) < 4.78 is 6.03. The third-order valence-electron chi connectivity index (χ3n) is 3.65. The molecular weight excluding hydrogens is 330 g/mol. The lowest BCUT2D eigenvalue weighted by Gasteiger charge is -2.38. The Morgan fingerprint density at radius 2 is 2.22 bits per heavy atom. The van der Waals surface area contributed by atoms with E-state index in [0.29, 0.717) is 10.1 Å². The Kier molecular flexibility index (Phi) is 4.41. The summed E-state index contributed by atoms with van der Waals surface area (Å²) in [6.07, 6.45) is 4.24. The van der Waals surface area contributed by atoms with Gasteiger partial charge in [0.15, 0.2) is 5.11 Å². The van der Waals surface area contributed by atoms with Crippen LogP contribution in [0.25, 0.3) is 0 Å². The van der Waals surface area contributed by atoms with Crippen molar-refractivity contribution in [3.63, 3.8) is 0 Å². The third-order valence-corrected chi connectivity index (χ3v) is 4.11. The van der Waals surface area contributed by atoms with E-state index in [4.69, 9.17) is 28.6 Å². The fourth-order valence-electron chi connectivity index (χ4n) is 2.72. The summed E-state index contributed by atoms with van der Waals surface area (Å²) in [5, 5.41) is 7.74. The summed E-state index contributed by atoms with van der Waals surface area (Å²) in [6.45, 7) is 4.13. The van der Waals surface area contributed by atoms with Gasteiger partial charge in [0.05, 0.1) is 17.9 Å². The van der Waals surface area contributed by atoms with Crippen LogP contribution in [0.3, 0.4) is 0 Å². The highest BCUT2D eigenvalue weighted by Crippen LogP contribution is 2.40. The number of aromatic nitrogens is 1. The lowest BCUT2D eigenvalue weighted by atomic mass is 9.90. The minimum Gasteiger partial charge on any atom is -0.487 e. The van der Waals surface area contributed by atoms with E-state index in [1.165, 1.54) is 0 Å². The van der Waals surface area contributed by atoms with Crippen molar-refractivity contribution >= 4 is 34.6 Å². The predicted molar refractivity (Wildman–Crippen MR) is 97.1 cm³/mol. The molecule has 0 radical (unpaired) electrons. The van der Waals surface area contributed by atoms with E-state index in [1.807, 2.05) is 30.3 Å². The Balaban J connectivity index is 1.79. The van der Waals surface area contributed by atoms with Gasteiger partial charge >= 0.3 is 0 Å². The van der Waals surface area contributed by atoms with Crippen LogP contribution in [0, 0.1) is 0 Å². The topological polar surface area (TPSA) is 46.2 Å². The van der Waals surface area contributed by atoms with Crippen molar-refractivity contribution in [1.82, 2.24) is 10.3 Å². The minimum absolute atomic E-state index is 0.0316. The SMILES string of the molecule is CC1(C)C[C@@H](NC(=S)Nc2cccnc2)c2cc(Cl)ccc2O1. The number of nitrogens with zero attached hydrogens (tertiary/aromatic N) is 1. The highest BCUT2D eigenvalue weighted by atomic mass is 35.5. The van der Waals surface area contributed by atoms with Crippen LogP contribution in [-0.4, -0.2) is 15.7 Å². The van der Waals surface area contributed by atoms with E-state index >= 15 is 0 Å². The highest BCUT2D eigenvalue weighted by molar-refractivity contribution is 7.80. The molecule has 6 heteroatoms. The monoisotopic (exact) mass is 347 g/mol. The smallest absolute Gasteiger partial charge is 0.171 e. The Labute approximate surface area is 146 Å². The van der Waals surface area contributed by atoms with Gasteiger partial charge in [0, 0.05) is 23.2 Å². The quantitative estimate of drug-likeness (QED) is 0.792. The molecule has 3 rings (SSSR count). The van der Waals surface area contributed by atoms with Crippen molar-refractivity contribution < 1.29 is 4.74 Å². The van der Waals surface area contributed by atoms with Gasteiger partial charge in [-0.25, -0.2) is 0 Å². The third kappa shape index (κ3) is 3.92. The normalized spacial score (nSPS) is 18.5. The van der Waals surface area contributed by atoms with Crippen LogP contribution in [-0.2, 0) is 0 Å². The molecule has 0 spiro atoms. The Morgan fingerprint density at radius 1 is 1.39 bits per heavy atom. The van der Waals surface area contributed by atoms with E-state index in [9.17, 15) is 0 Å². The Hall–Kier alpha value is -1.85. The summed E-state index contributed by atoms with van der Waals surface area (Å²) in [5.74, 6) is 0.840. The first kappa shape index (κ1) is 16.0. The largest absolute Gasteiger partial charge is 0.487 e. The average molecular weight is 348 g/mol. The molecule has 1 aromatic carbocycles. The number of hydrogen-bond donors (Lipinski definition) is 2. The first-order valence-corrected chi connectivity index (χ1v) is 8.18. The lowest BCUT2D eigenvalue weighted by Crippen LogP contribution is -2.42. The summed E-state index contributed by atoms with van der Waals surface area (Å²) in [6, 6.07) is 9.48. The molecule has 2 N–H and O–H groups in total. The summed E-state index contributed by atoms with van der Waals surface area (Å²) in [5.41, 5.74) is 1.59. The molecular formula is C17H18ClN3OS. The zero-order valence-electron chi connectivity index (χ0n) is 13.0. The molecule has 1 aliphatic rings. The van der Waals surface area contributed by atoms with E-state index in [2.05, 4.69) is 29.5 Å². The van der Waals surface area contributed by atoms with Gasteiger partial charge in [0.1, 0.15) is 11.4 Å². The molecule has 1 aromatic heterocycles. The number of pyridine rings is 1. The van der Waals surface area contributed by atoms with Gasteiger partial charge in [-0.3, -0.25) is 4.98 Å². The second-order valence-corrected chi connectivity index (χ2v) is 6.99. The van der Waals surface area contributed by atoms with Gasteiger partial charge in [-0.2, -0.15) is 0 Å². The van der Waals surface area contributed by atoms with Crippen molar-refractivity contribution in [2.24, 2.45) is 0 Å². The number of hydrogen-bond acceptors (Lipinski definition) is 3. The van der Waals surface area contributed by atoms with E-state index in [0.717, 1.165) is 23.4 Å². The Bertz CT molecular complexity index is 721. The van der Waals surface area contributed by atoms with Crippen molar-refractivity contribution in [3.05, 3.63) is 53.3 Å². The molecule has 0 fully saturated rings. The van der Waals surface area contributed by atoms with Gasteiger partial charge in [-0.15, -0.1) is 0 Å². The number of rotatable bonds is 2. The van der Waals surface area contributed by atoms with Crippen LogP contribution < -0.4 is 15.4 Å². The van der Waals surface area contributed by atoms with Gasteiger partial charge in [-0.05, 0) is 56.4 Å². The molecule has 2 heterocycles. The summed E-state index contributed by atoms with van der Waals surface area (Å²) in [4.78, 5) is 4.07. The highest BCUT2D eigenvalue weighted by Gasteiger charge is 2.34. The number of halogens is 1. The van der Waals surface area contributed by atoms with Crippen molar-refractivity contribution in [3.8, 4) is 5.75 Å². The summed E-state index contributed by atoms with van der Waals surface area (Å²) in [7, 11) is 0. The standard InChI is InChI=1S/C17H18ClN3OS/c1-17(2)9-14(13-8-11(18)5-6-15(13)22-17)21-16(23)20-12-4-3-7-19-10-12/h3-8,10,14H,9H2,1-2H3,(H2,20,21,23)/t14-/m1/s1. The fraction of sp³-hybridized carbons (Fsp3) is 0.294. The van der Waals surface area contributed by atoms with Crippen LogP contribution in [0.15, 0.2) is 42.7 Å². The van der Waals surface area contributed by atoms with Crippen LogP contribution in [0.2, 0.25) is 5.02 Å². The molecule has 0 aliphatic carbocycles. The zero-order valence-corrected chi connectivity index (χ0v) is 14.5. The molecule has 0 bridgehead atoms. The number of anilines is 1. The average Bonchev–Trinajstić information content (AvgIpc) is 2.48. The van der Waals surface area contributed by atoms with Gasteiger partial charge < -0.3 is 15.4 Å². The molecule has 0 saturated heterocycles. The maximum absolute atomic E-state index is 6.14. The van der Waals surface area contributed by atoms with E-state index < -0.39 is 0 Å². The number of ether oxygens (including phenoxy) is 1. The molecule has 1 atom stereocenters. The molecule has 23 heavy (non-hydrogen) atoms. The molecule has 0 saturated carbocycles. The maximum atomic E-state index is 6.14. The summed E-state index contributed by atoms with van der Waals surface area (Å²) >= 11 is 11.6. The van der Waals surface area contributed by atoms with Crippen LogP contribution in [0.4, 0.5) is 5.69 Å². The lowest BCUT2D eigenvalue weighted by molar-refractivity contribution is 0.0697. The first-order valence-electron chi connectivity index (χ1n) is 7.39. The van der Waals surface area contributed by atoms with E-state index in [-0.39, 0.29) is 11.6 Å². The van der Waals surface area contributed by atoms with Crippen LogP contribution in [0.5, 0.6) is 5.75 Å². The van der Waals surface area contributed by atoms with Gasteiger partial charge in [-0.1, -0.05) is 11.6 Å². The number of benzene rings is 1. The minimum atomic E-state index is -0.275. The molecule has 4 nitrogen and oxygen atoms in total. The van der Waals surface area contributed by atoms with Crippen molar-refractivity contribution in [2.45, 2.75) is 31.9 Å². The molecule has 120 valence electrons. The number of nitrogens with one attached hydrogen (secondary N) is 2.